The summed E-state index contributed by atoms with van der Waals surface area (Å²) in [6.07, 6.45) is 5.46. The van der Waals surface area contributed by atoms with Crippen molar-refractivity contribution in [1.29, 1.82) is 0 Å². The fraction of sp³-hybridized carbons (Fsp3) is 0.367. The standard InChI is InChI=1S/C30H32N2O4/c33-25(14-23-9-5-8-22-7-1-2-10-26(22)23)19-31-12-4-3-6-21(17-31)18-32-13-11-24-15-28-29(36-20-35-28)16-27(24)30(32)34/h1-2,5,7-11,13,15-16,21,25,33H,3-4,6,12,14,17-20H2. The lowest BCUT2D eigenvalue weighted by Gasteiger charge is -2.27. The van der Waals surface area contributed by atoms with Crippen LogP contribution in [0.25, 0.3) is 21.5 Å². The number of β-amino-alcohol motifs (C(OH)–C–C–N with tert-alkyl or cyclic N) is 1. The predicted octanol–water partition coefficient (Wildman–Crippen LogP) is 4.59. The van der Waals surface area contributed by atoms with Gasteiger partial charge in [0.2, 0.25) is 6.79 Å². The molecule has 0 spiro atoms. The molecule has 0 bridgehead atoms. The molecule has 3 heterocycles. The Hall–Kier alpha value is -3.35. The summed E-state index contributed by atoms with van der Waals surface area (Å²) in [5.41, 5.74) is 1.20. The number of ether oxygens (including phenoxy) is 2. The third kappa shape index (κ3) is 4.71. The van der Waals surface area contributed by atoms with E-state index in [1.807, 2.05) is 22.9 Å². The molecule has 0 amide bonds. The molecule has 2 aliphatic rings. The van der Waals surface area contributed by atoms with Gasteiger partial charge in [-0.3, -0.25) is 4.79 Å². The van der Waals surface area contributed by atoms with Crippen molar-refractivity contribution in [2.45, 2.75) is 38.3 Å². The number of nitrogens with zero attached hydrogens (tertiary/aromatic N) is 2. The van der Waals surface area contributed by atoms with E-state index in [4.69, 9.17) is 9.47 Å². The van der Waals surface area contributed by atoms with Gasteiger partial charge in [0.25, 0.3) is 5.56 Å². The van der Waals surface area contributed by atoms with Crippen LogP contribution in [0.5, 0.6) is 11.5 Å². The van der Waals surface area contributed by atoms with Crippen LogP contribution in [-0.2, 0) is 13.0 Å². The number of fused-ring (bicyclic) bond motifs is 3. The summed E-state index contributed by atoms with van der Waals surface area (Å²) in [4.78, 5) is 15.7. The first-order valence-electron chi connectivity index (χ1n) is 12.9. The quantitative estimate of drug-likeness (QED) is 0.434. The van der Waals surface area contributed by atoms with Gasteiger partial charge in [-0.15, -0.1) is 0 Å². The second kappa shape index (κ2) is 9.96. The van der Waals surface area contributed by atoms with E-state index >= 15 is 0 Å². The molecule has 0 radical (unpaired) electrons. The topological polar surface area (TPSA) is 63.9 Å². The Morgan fingerprint density at radius 3 is 2.69 bits per heavy atom. The van der Waals surface area contributed by atoms with E-state index in [-0.39, 0.29) is 12.4 Å². The molecule has 4 aromatic rings. The summed E-state index contributed by atoms with van der Waals surface area (Å²) < 4.78 is 12.8. The van der Waals surface area contributed by atoms with E-state index in [1.165, 1.54) is 16.3 Å². The highest BCUT2D eigenvalue weighted by molar-refractivity contribution is 5.86. The Morgan fingerprint density at radius 1 is 0.944 bits per heavy atom. The Morgan fingerprint density at radius 2 is 1.78 bits per heavy atom. The van der Waals surface area contributed by atoms with Gasteiger partial charge in [0, 0.05) is 32.3 Å². The van der Waals surface area contributed by atoms with Crippen LogP contribution in [0.15, 0.2) is 71.7 Å². The van der Waals surface area contributed by atoms with Gasteiger partial charge in [0.15, 0.2) is 11.5 Å². The van der Waals surface area contributed by atoms with Crippen molar-refractivity contribution < 1.29 is 14.6 Å². The van der Waals surface area contributed by atoms with Crippen LogP contribution < -0.4 is 15.0 Å². The molecule has 2 atom stereocenters. The van der Waals surface area contributed by atoms with Crippen LogP contribution in [0.1, 0.15) is 24.8 Å². The summed E-state index contributed by atoms with van der Waals surface area (Å²) >= 11 is 0. The van der Waals surface area contributed by atoms with Gasteiger partial charge in [0.05, 0.1) is 11.5 Å². The molecule has 1 fully saturated rings. The largest absolute Gasteiger partial charge is 0.454 e. The van der Waals surface area contributed by atoms with Crippen molar-refractivity contribution in [3.8, 4) is 11.5 Å². The highest BCUT2D eigenvalue weighted by atomic mass is 16.7. The van der Waals surface area contributed by atoms with E-state index in [1.54, 1.807) is 6.07 Å². The van der Waals surface area contributed by atoms with E-state index in [0.29, 0.717) is 42.3 Å². The maximum atomic E-state index is 13.3. The van der Waals surface area contributed by atoms with Crippen LogP contribution in [0.3, 0.4) is 0 Å². The molecule has 6 heteroatoms. The zero-order chi connectivity index (χ0) is 24.5. The lowest BCUT2D eigenvalue weighted by atomic mass is 9.99. The number of benzene rings is 3. The smallest absolute Gasteiger partial charge is 0.258 e. The third-order valence-electron chi connectivity index (χ3n) is 7.58. The van der Waals surface area contributed by atoms with Crippen molar-refractivity contribution in [2.24, 2.45) is 5.92 Å². The highest BCUT2D eigenvalue weighted by Crippen LogP contribution is 2.35. The zero-order valence-electron chi connectivity index (χ0n) is 20.4. The molecule has 1 N–H and O–H groups in total. The third-order valence-corrected chi connectivity index (χ3v) is 7.58. The van der Waals surface area contributed by atoms with Gasteiger partial charge in [0.1, 0.15) is 0 Å². The molecule has 2 unspecified atom stereocenters. The van der Waals surface area contributed by atoms with E-state index in [9.17, 15) is 9.90 Å². The molecule has 0 aliphatic carbocycles. The summed E-state index contributed by atoms with van der Waals surface area (Å²) in [6.45, 7) is 3.40. The molecule has 36 heavy (non-hydrogen) atoms. The molecule has 6 nitrogen and oxygen atoms in total. The fourth-order valence-corrected chi connectivity index (χ4v) is 5.81. The Balaban J connectivity index is 1.14. The second-order valence-corrected chi connectivity index (χ2v) is 10.2. The van der Waals surface area contributed by atoms with Crippen molar-refractivity contribution >= 4 is 21.5 Å². The first-order valence-corrected chi connectivity index (χ1v) is 12.9. The number of rotatable bonds is 6. The van der Waals surface area contributed by atoms with E-state index < -0.39 is 6.10 Å². The monoisotopic (exact) mass is 484 g/mol. The minimum Gasteiger partial charge on any atom is -0.454 e. The maximum Gasteiger partial charge on any atom is 0.258 e. The Kier molecular flexibility index (Phi) is 6.38. The van der Waals surface area contributed by atoms with E-state index in [0.717, 1.165) is 37.7 Å². The van der Waals surface area contributed by atoms with Gasteiger partial charge < -0.3 is 24.0 Å². The number of aliphatic hydroxyl groups is 1. The normalized spacial score (nSPS) is 19.0. The number of aromatic nitrogens is 1. The summed E-state index contributed by atoms with van der Waals surface area (Å²) in [5, 5.41) is 15.0. The molecule has 6 rings (SSSR count). The van der Waals surface area contributed by atoms with Gasteiger partial charge in [-0.05, 0) is 65.2 Å². The zero-order valence-corrected chi connectivity index (χ0v) is 20.4. The molecule has 2 aliphatic heterocycles. The minimum atomic E-state index is -0.428. The summed E-state index contributed by atoms with van der Waals surface area (Å²) in [6, 6.07) is 20.3. The van der Waals surface area contributed by atoms with Gasteiger partial charge in [-0.2, -0.15) is 0 Å². The molecule has 186 valence electrons. The van der Waals surface area contributed by atoms with Crippen molar-refractivity contribution in [3.63, 3.8) is 0 Å². The molecular formula is C30H32N2O4. The number of pyridine rings is 1. The van der Waals surface area contributed by atoms with Crippen molar-refractivity contribution in [1.82, 2.24) is 9.47 Å². The average Bonchev–Trinajstić information content (AvgIpc) is 3.23. The Labute approximate surface area is 210 Å². The van der Waals surface area contributed by atoms with Crippen molar-refractivity contribution in [2.75, 3.05) is 26.4 Å². The number of aliphatic hydroxyl groups excluding tert-OH is 1. The molecule has 1 saturated heterocycles. The minimum absolute atomic E-state index is 0.0117. The summed E-state index contributed by atoms with van der Waals surface area (Å²) in [5.74, 6) is 1.70. The van der Waals surface area contributed by atoms with Gasteiger partial charge >= 0.3 is 0 Å². The van der Waals surface area contributed by atoms with Crippen LogP contribution in [0.4, 0.5) is 0 Å². The SMILES string of the molecule is O=c1c2cc3c(cc2ccn1CC1CCCCN(CC(O)Cc2cccc4ccccc24)C1)OCO3. The predicted molar refractivity (Wildman–Crippen MR) is 142 cm³/mol. The number of likely N-dealkylation sites (tertiary alicyclic amines) is 1. The Bertz CT molecular complexity index is 1440. The molecule has 1 aromatic heterocycles. The molecule has 0 saturated carbocycles. The lowest BCUT2D eigenvalue weighted by molar-refractivity contribution is 0.105. The number of hydrogen-bond acceptors (Lipinski definition) is 5. The average molecular weight is 485 g/mol. The fourth-order valence-electron chi connectivity index (χ4n) is 5.81. The lowest BCUT2D eigenvalue weighted by Crippen LogP contribution is -2.38. The first-order chi connectivity index (χ1) is 17.6. The van der Waals surface area contributed by atoms with Crippen molar-refractivity contribution in [3.05, 3.63) is 82.8 Å². The molecule has 3 aromatic carbocycles. The summed E-state index contributed by atoms with van der Waals surface area (Å²) in [7, 11) is 0. The second-order valence-electron chi connectivity index (χ2n) is 10.2. The van der Waals surface area contributed by atoms with E-state index in [2.05, 4.69) is 47.4 Å². The highest BCUT2D eigenvalue weighted by Gasteiger charge is 2.22. The first kappa shape index (κ1) is 23.1. The van der Waals surface area contributed by atoms with Gasteiger partial charge in [-0.1, -0.05) is 48.9 Å². The number of hydrogen-bond donors (Lipinski definition) is 1. The van der Waals surface area contributed by atoms with Crippen LogP contribution in [0, 0.1) is 5.92 Å². The van der Waals surface area contributed by atoms with Crippen LogP contribution in [0.2, 0.25) is 0 Å². The van der Waals surface area contributed by atoms with Crippen LogP contribution >= 0.6 is 0 Å². The van der Waals surface area contributed by atoms with Gasteiger partial charge in [-0.25, -0.2) is 0 Å². The van der Waals surface area contributed by atoms with Crippen LogP contribution in [-0.4, -0.2) is 47.1 Å². The maximum absolute atomic E-state index is 13.3. The molecular weight excluding hydrogens is 452 g/mol.